The van der Waals surface area contributed by atoms with Crippen molar-refractivity contribution in [1.29, 1.82) is 0 Å². The third-order valence-electron chi connectivity index (χ3n) is 5.62. The number of hydrogen-bond donors (Lipinski definition) is 1. The number of pyridine rings is 1. The van der Waals surface area contributed by atoms with Gasteiger partial charge >= 0.3 is 0 Å². The Kier molecular flexibility index (Phi) is 7.91. The molecule has 2 aliphatic rings. The number of hydrogen-bond acceptors (Lipinski definition) is 5. The van der Waals surface area contributed by atoms with Gasteiger partial charge in [0.25, 0.3) is 0 Å². The molecule has 1 atom stereocenters. The molecule has 1 aromatic heterocycles. The minimum Gasteiger partial charge on any atom is -0.381 e. The number of nitrogens with zero attached hydrogens (tertiary/aromatic N) is 5. The maximum absolute atomic E-state index is 5.51. The van der Waals surface area contributed by atoms with Gasteiger partial charge in [0.05, 0.1) is 13.2 Å². The Balaban J connectivity index is 1.60. The highest BCUT2D eigenvalue weighted by atomic mass is 16.5. The van der Waals surface area contributed by atoms with Crippen molar-refractivity contribution in [3.8, 4) is 0 Å². The minimum atomic E-state index is 0.600. The lowest BCUT2D eigenvalue weighted by atomic mass is 10.1. The average Bonchev–Trinajstić information content (AvgIpc) is 3.24. The first-order chi connectivity index (χ1) is 13.7. The number of likely N-dealkylation sites (N-methyl/N-ethyl adjacent to an activating group) is 1. The molecule has 7 heteroatoms. The number of aliphatic imine (C=N–C) groups is 1. The largest absolute Gasteiger partial charge is 0.381 e. The number of piperazine rings is 1. The van der Waals surface area contributed by atoms with Gasteiger partial charge in [-0.2, -0.15) is 0 Å². The Morgan fingerprint density at radius 3 is 2.82 bits per heavy atom. The molecule has 1 unspecified atom stereocenters. The smallest absolute Gasteiger partial charge is 0.193 e. The van der Waals surface area contributed by atoms with Crippen LogP contribution in [0.25, 0.3) is 0 Å². The number of guanidine groups is 1. The second-order valence-electron chi connectivity index (χ2n) is 7.72. The molecule has 0 aliphatic carbocycles. The van der Waals surface area contributed by atoms with E-state index in [-0.39, 0.29) is 0 Å². The predicted octanol–water partition coefficient (Wildman–Crippen LogP) is 1.66. The fourth-order valence-electron chi connectivity index (χ4n) is 3.86. The van der Waals surface area contributed by atoms with Crippen molar-refractivity contribution < 1.29 is 4.74 Å². The highest BCUT2D eigenvalue weighted by Crippen LogP contribution is 2.16. The van der Waals surface area contributed by atoms with Crippen molar-refractivity contribution in [2.45, 2.75) is 26.8 Å². The molecule has 0 aromatic carbocycles. The van der Waals surface area contributed by atoms with Crippen LogP contribution < -0.4 is 10.2 Å². The molecule has 28 heavy (non-hydrogen) atoms. The first-order valence-corrected chi connectivity index (χ1v) is 10.7. The van der Waals surface area contributed by atoms with Crippen molar-refractivity contribution in [3.05, 3.63) is 23.9 Å². The third-order valence-corrected chi connectivity index (χ3v) is 5.62. The van der Waals surface area contributed by atoms with E-state index in [2.05, 4.69) is 58.0 Å². The zero-order valence-electron chi connectivity index (χ0n) is 17.7. The Morgan fingerprint density at radius 2 is 2.14 bits per heavy atom. The number of aromatic nitrogens is 1. The van der Waals surface area contributed by atoms with Crippen molar-refractivity contribution in [3.63, 3.8) is 0 Å². The Labute approximate surface area is 169 Å². The molecule has 0 saturated carbocycles. The topological polar surface area (TPSA) is 56.2 Å². The molecule has 0 radical (unpaired) electrons. The van der Waals surface area contributed by atoms with E-state index < -0.39 is 0 Å². The first-order valence-electron chi connectivity index (χ1n) is 10.7. The lowest BCUT2D eigenvalue weighted by molar-refractivity contribution is 0.181. The summed E-state index contributed by atoms with van der Waals surface area (Å²) in [6, 6.07) is 4.27. The van der Waals surface area contributed by atoms with E-state index in [1.165, 1.54) is 5.56 Å². The number of rotatable bonds is 7. The summed E-state index contributed by atoms with van der Waals surface area (Å²) in [6.07, 6.45) is 3.06. The molecule has 156 valence electrons. The second kappa shape index (κ2) is 10.6. The van der Waals surface area contributed by atoms with Crippen LogP contribution in [0.15, 0.2) is 23.3 Å². The van der Waals surface area contributed by atoms with Crippen LogP contribution >= 0.6 is 0 Å². The second-order valence-corrected chi connectivity index (χ2v) is 7.72. The van der Waals surface area contributed by atoms with Crippen LogP contribution in [0.4, 0.5) is 5.82 Å². The van der Waals surface area contributed by atoms with Gasteiger partial charge in [0, 0.05) is 65.0 Å². The Bertz CT molecular complexity index is 623. The lowest BCUT2D eigenvalue weighted by Crippen LogP contribution is -2.46. The lowest BCUT2D eigenvalue weighted by Gasteiger charge is -2.34. The van der Waals surface area contributed by atoms with E-state index in [4.69, 9.17) is 9.73 Å². The Hall–Kier alpha value is -1.86. The van der Waals surface area contributed by atoms with Gasteiger partial charge in [0.1, 0.15) is 5.82 Å². The van der Waals surface area contributed by atoms with Gasteiger partial charge in [-0.1, -0.05) is 6.92 Å². The minimum absolute atomic E-state index is 0.600. The summed E-state index contributed by atoms with van der Waals surface area (Å²) in [5.41, 5.74) is 1.20. The summed E-state index contributed by atoms with van der Waals surface area (Å²) in [5, 5.41) is 3.42. The first kappa shape index (κ1) is 20.9. The van der Waals surface area contributed by atoms with Gasteiger partial charge in [-0.15, -0.1) is 0 Å². The number of anilines is 1. The molecular formula is C21H36N6O. The molecule has 7 nitrogen and oxygen atoms in total. The summed E-state index contributed by atoms with van der Waals surface area (Å²) in [6.45, 7) is 14.0. The molecule has 3 heterocycles. The molecule has 1 aromatic rings. The van der Waals surface area contributed by atoms with E-state index in [9.17, 15) is 0 Å². The number of nitrogens with one attached hydrogen (secondary N) is 1. The monoisotopic (exact) mass is 388 g/mol. The molecule has 2 saturated heterocycles. The van der Waals surface area contributed by atoms with Crippen molar-refractivity contribution in [2.24, 2.45) is 10.9 Å². The van der Waals surface area contributed by atoms with Gasteiger partial charge < -0.3 is 24.8 Å². The summed E-state index contributed by atoms with van der Waals surface area (Å²) < 4.78 is 5.51. The van der Waals surface area contributed by atoms with Crippen LogP contribution in [0.2, 0.25) is 0 Å². The van der Waals surface area contributed by atoms with Gasteiger partial charge in [-0.05, 0) is 37.6 Å². The van der Waals surface area contributed by atoms with Gasteiger partial charge in [-0.25, -0.2) is 9.98 Å². The fourth-order valence-corrected chi connectivity index (χ4v) is 3.86. The van der Waals surface area contributed by atoms with E-state index in [1.54, 1.807) is 0 Å². The van der Waals surface area contributed by atoms with Crippen LogP contribution in [0.1, 0.15) is 25.8 Å². The molecule has 0 amide bonds. The molecule has 1 N–H and O–H groups in total. The zero-order valence-corrected chi connectivity index (χ0v) is 17.7. The standard InChI is InChI=1S/C21H36N6O/c1-4-22-21(25(3)16-19-7-13-28-17-19)24-15-18-6-8-23-20(14-18)27-11-9-26(5-2)10-12-27/h6,8,14,19H,4-5,7,9-13,15-17H2,1-3H3,(H,22,24). The maximum Gasteiger partial charge on any atom is 0.193 e. The summed E-state index contributed by atoms with van der Waals surface area (Å²) in [7, 11) is 2.12. The normalized spacial score (nSPS) is 21.2. The quantitative estimate of drug-likeness (QED) is 0.566. The molecular weight excluding hydrogens is 352 g/mol. The highest BCUT2D eigenvalue weighted by molar-refractivity contribution is 5.79. The van der Waals surface area contributed by atoms with E-state index >= 15 is 0 Å². The maximum atomic E-state index is 5.51. The van der Waals surface area contributed by atoms with E-state index in [0.29, 0.717) is 12.5 Å². The van der Waals surface area contributed by atoms with Gasteiger partial charge in [-0.3, -0.25) is 0 Å². The summed E-state index contributed by atoms with van der Waals surface area (Å²) in [4.78, 5) is 16.6. The van der Waals surface area contributed by atoms with Crippen LogP contribution in [0, 0.1) is 5.92 Å². The fraction of sp³-hybridized carbons (Fsp3) is 0.714. The summed E-state index contributed by atoms with van der Waals surface area (Å²) in [5.74, 6) is 2.64. The van der Waals surface area contributed by atoms with E-state index in [1.807, 2.05) is 6.20 Å². The van der Waals surface area contributed by atoms with Gasteiger partial charge in [0.2, 0.25) is 0 Å². The van der Waals surface area contributed by atoms with Crippen LogP contribution in [-0.2, 0) is 11.3 Å². The van der Waals surface area contributed by atoms with Crippen molar-refractivity contribution in [2.75, 3.05) is 71.0 Å². The average molecular weight is 389 g/mol. The third kappa shape index (κ3) is 5.82. The van der Waals surface area contributed by atoms with Crippen LogP contribution in [0.3, 0.4) is 0 Å². The predicted molar refractivity (Wildman–Crippen MR) is 115 cm³/mol. The molecule has 0 spiro atoms. The highest BCUT2D eigenvalue weighted by Gasteiger charge is 2.19. The molecule has 2 aliphatic heterocycles. The molecule has 3 rings (SSSR count). The van der Waals surface area contributed by atoms with Gasteiger partial charge in [0.15, 0.2) is 5.96 Å². The van der Waals surface area contributed by atoms with Crippen molar-refractivity contribution >= 4 is 11.8 Å². The number of ether oxygens (including phenoxy) is 1. The molecule has 2 fully saturated rings. The SMILES string of the molecule is CCNC(=NCc1ccnc(N2CCN(CC)CC2)c1)N(C)CC1CCOC1. The zero-order chi connectivity index (χ0) is 19.8. The van der Waals surface area contributed by atoms with E-state index in [0.717, 1.165) is 77.2 Å². The van der Waals surface area contributed by atoms with Crippen molar-refractivity contribution in [1.82, 2.24) is 20.1 Å². The van der Waals surface area contributed by atoms with Crippen LogP contribution in [0.5, 0.6) is 0 Å². The summed E-state index contributed by atoms with van der Waals surface area (Å²) >= 11 is 0. The van der Waals surface area contributed by atoms with Crippen LogP contribution in [-0.4, -0.2) is 86.8 Å². The Morgan fingerprint density at radius 1 is 1.32 bits per heavy atom. The molecule has 0 bridgehead atoms.